The Kier molecular flexibility index (Phi) is 4.92. The zero-order chi connectivity index (χ0) is 17.3. The van der Waals surface area contributed by atoms with Crippen LogP contribution in [-0.2, 0) is 15.0 Å². The van der Waals surface area contributed by atoms with Crippen LogP contribution in [0.3, 0.4) is 0 Å². The maximum absolute atomic E-state index is 12.1. The van der Waals surface area contributed by atoms with E-state index in [1.54, 1.807) is 25.3 Å². The molecule has 8 nitrogen and oxygen atoms in total. The normalized spacial score (nSPS) is 18.8. The Morgan fingerprint density at radius 3 is 2.48 bits per heavy atom. The largest absolute Gasteiger partial charge is 0.478 e. The first kappa shape index (κ1) is 17.6. The summed E-state index contributed by atoms with van der Waals surface area (Å²) < 4.78 is 32.4. The van der Waals surface area contributed by atoms with Crippen molar-refractivity contribution < 1.29 is 23.1 Å². The number of ether oxygens (including phenoxy) is 1. The zero-order valence-corrected chi connectivity index (χ0v) is 14.2. The number of rotatable bonds is 5. The van der Waals surface area contributed by atoms with Gasteiger partial charge in [0.15, 0.2) is 0 Å². The fourth-order valence-electron chi connectivity index (χ4n) is 2.46. The van der Waals surface area contributed by atoms with E-state index < -0.39 is 21.8 Å². The second kappa shape index (κ2) is 6.42. The molecule has 128 valence electrons. The minimum absolute atomic E-state index is 0.0732. The van der Waals surface area contributed by atoms with Crippen molar-refractivity contribution in [1.29, 1.82) is 0 Å². The molecule has 0 aliphatic carbocycles. The lowest BCUT2D eigenvalue weighted by Gasteiger charge is -2.39. The Bertz CT molecular complexity index is 681. The van der Waals surface area contributed by atoms with Gasteiger partial charge in [-0.15, -0.1) is 0 Å². The van der Waals surface area contributed by atoms with Crippen LogP contribution in [-0.4, -0.2) is 65.9 Å². The van der Waals surface area contributed by atoms with Gasteiger partial charge in [-0.05, 0) is 19.1 Å². The molecule has 0 radical (unpaired) electrons. The fraction of sp³-hybridized carbons (Fsp3) is 0.571. The van der Waals surface area contributed by atoms with Gasteiger partial charge in [0.1, 0.15) is 5.75 Å². The minimum Gasteiger partial charge on any atom is -0.478 e. The number of carboxylic acid groups (broad SMARTS) is 1. The molecule has 2 rings (SSSR count). The smallest absolute Gasteiger partial charge is 0.348 e. The van der Waals surface area contributed by atoms with Crippen LogP contribution >= 0.6 is 0 Å². The van der Waals surface area contributed by atoms with E-state index >= 15 is 0 Å². The van der Waals surface area contributed by atoms with Gasteiger partial charge in [-0.1, -0.05) is 0 Å². The maximum atomic E-state index is 12.1. The van der Waals surface area contributed by atoms with E-state index in [9.17, 15) is 18.3 Å². The van der Waals surface area contributed by atoms with Gasteiger partial charge in [0.05, 0.1) is 5.69 Å². The molecule has 2 heterocycles. The van der Waals surface area contributed by atoms with Crippen molar-refractivity contribution >= 4 is 16.2 Å². The zero-order valence-electron chi connectivity index (χ0n) is 13.4. The number of pyridine rings is 1. The molecule has 0 amide bonds. The van der Waals surface area contributed by atoms with Crippen molar-refractivity contribution in [3.63, 3.8) is 0 Å². The van der Waals surface area contributed by atoms with Gasteiger partial charge in [0, 0.05) is 46.2 Å². The van der Waals surface area contributed by atoms with Gasteiger partial charge in [0.2, 0.25) is 5.60 Å². The summed E-state index contributed by atoms with van der Waals surface area (Å²) in [6.07, 6.45) is 1.75. The van der Waals surface area contributed by atoms with E-state index in [4.69, 9.17) is 4.74 Å². The van der Waals surface area contributed by atoms with Crippen LogP contribution in [0.1, 0.15) is 18.5 Å². The molecule has 1 saturated heterocycles. The van der Waals surface area contributed by atoms with Crippen LogP contribution in [0.2, 0.25) is 0 Å². The first-order valence-corrected chi connectivity index (χ1v) is 8.60. The topological polar surface area (TPSA) is 100 Å². The molecule has 0 spiro atoms. The van der Waals surface area contributed by atoms with Crippen LogP contribution < -0.4 is 4.74 Å². The first-order chi connectivity index (χ1) is 10.7. The molecule has 1 aliphatic rings. The third-order valence-corrected chi connectivity index (χ3v) is 5.91. The van der Waals surface area contributed by atoms with Gasteiger partial charge >= 0.3 is 5.97 Å². The summed E-state index contributed by atoms with van der Waals surface area (Å²) in [7, 11) is -0.654. The van der Waals surface area contributed by atoms with E-state index in [1.165, 1.54) is 18.4 Å². The van der Waals surface area contributed by atoms with Crippen LogP contribution in [0.5, 0.6) is 5.75 Å². The number of aryl methyl sites for hydroxylation is 1. The van der Waals surface area contributed by atoms with Gasteiger partial charge < -0.3 is 9.84 Å². The second-order valence-electron chi connectivity index (χ2n) is 5.68. The fourth-order valence-corrected chi connectivity index (χ4v) is 3.56. The van der Waals surface area contributed by atoms with Gasteiger partial charge in [-0.2, -0.15) is 17.0 Å². The molecular weight excluding hydrogens is 322 g/mol. The summed E-state index contributed by atoms with van der Waals surface area (Å²) in [5.41, 5.74) is -0.844. The Morgan fingerprint density at radius 1 is 1.39 bits per heavy atom. The second-order valence-corrected chi connectivity index (χ2v) is 7.82. The number of hydrogen-bond acceptors (Lipinski definition) is 5. The van der Waals surface area contributed by atoms with E-state index in [2.05, 4.69) is 4.98 Å². The highest BCUT2D eigenvalue weighted by atomic mass is 32.2. The number of carboxylic acids is 1. The predicted octanol–water partition coefficient (Wildman–Crippen LogP) is 0.494. The number of piperidine rings is 1. The monoisotopic (exact) mass is 343 g/mol. The average molecular weight is 343 g/mol. The lowest BCUT2D eigenvalue weighted by Crippen LogP contribution is -2.55. The molecule has 0 bridgehead atoms. The van der Waals surface area contributed by atoms with Crippen LogP contribution in [0.4, 0.5) is 0 Å². The van der Waals surface area contributed by atoms with Crippen molar-refractivity contribution in [2.75, 3.05) is 27.2 Å². The van der Waals surface area contributed by atoms with E-state index in [0.717, 1.165) is 4.31 Å². The predicted molar refractivity (Wildman–Crippen MR) is 83.4 cm³/mol. The highest BCUT2D eigenvalue weighted by molar-refractivity contribution is 7.86. The van der Waals surface area contributed by atoms with Crippen molar-refractivity contribution in [1.82, 2.24) is 13.6 Å². The van der Waals surface area contributed by atoms with E-state index in [1.807, 2.05) is 0 Å². The van der Waals surface area contributed by atoms with Crippen LogP contribution in [0.25, 0.3) is 0 Å². The van der Waals surface area contributed by atoms with Crippen molar-refractivity contribution in [2.24, 2.45) is 0 Å². The summed E-state index contributed by atoms with van der Waals surface area (Å²) >= 11 is 0. The highest BCUT2D eigenvalue weighted by Gasteiger charge is 2.46. The third kappa shape index (κ3) is 3.46. The molecular formula is C14H21N3O5S. The molecule has 23 heavy (non-hydrogen) atoms. The van der Waals surface area contributed by atoms with Crippen LogP contribution in [0, 0.1) is 6.92 Å². The Labute approximate surface area is 135 Å². The first-order valence-electron chi connectivity index (χ1n) is 7.21. The molecule has 0 saturated carbocycles. The molecule has 9 heteroatoms. The van der Waals surface area contributed by atoms with E-state index in [0.29, 0.717) is 11.4 Å². The Hall–Kier alpha value is -1.71. The lowest BCUT2D eigenvalue weighted by atomic mass is 9.92. The SMILES string of the molecule is Cc1ncccc1OC1(C(=O)O)CCN(S(=O)(=O)N(C)C)CC1. The molecule has 1 fully saturated rings. The molecule has 1 aliphatic heterocycles. The van der Waals surface area contributed by atoms with Crippen molar-refractivity contribution in [2.45, 2.75) is 25.4 Å². The maximum Gasteiger partial charge on any atom is 0.348 e. The highest BCUT2D eigenvalue weighted by Crippen LogP contribution is 2.31. The average Bonchev–Trinajstić information content (AvgIpc) is 2.50. The van der Waals surface area contributed by atoms with Crippen molar-refractivity contribution in [3.8, 4) is 5.75 Å². The summed E-state index contributed by atoms with van der Waals surface area (Å²) in [4.78, 5) is 15.8. The number of nitrogens with zero attached hydrogens (tertiary/aromatic N) is 3. The lowest BCUT2D eigenvalue weighted by molar-refractivity contribution is -0.158. The number of aromatic nitrogens is 1. The van der Waals surface area contributed by atoms with Gasteiger partial charge in [-0.3, -0.25) is 4.98 Å². The third-order valence-electron chi connectivity index (χ3n) is 3.97. The molecule has 0 unspecified atom stereocenters. The van der Waals surface area contributed by atoms with Crippen molar-refractivity contribution in [3.05, 3.63) is 24.0 Å². The molecule has 1 aromatic rings. The molecule has 1 N–H and O–H groups in total. The molecule has 0 aromatic carbocycles. The number of carbonyl (C=O) groups is 1. The molecule has 1 aromatic heterocycles. The molecule has 0 atom stereocenters. The number of aliphatic carboxylic acids is 1. The Balaban J connectivity index is 2.20. The quantitative estimate of drug-likeness (QED) is 0.835. The van der Waals surface area contributed by atoms with E-state index in [-0.39, 0.29) is 25.9 Å². The van der Waals surface area contributed by atoms with Gasteiger partial charge in [0.25, 0.3) is 10.2 Å². The van der Waals surface area contributed by atoms with Crippen LogP contribution in [0.15, 0.2) is 18.3 Å². The number of hydrogen-bond donors (Lipinski definition) is 1. The van der Waals surface area contributed by atoms with Gasteiger partial charge in [-0.25, -0.2) is 4.79 Å². The summed E-state index contributed by atoms with van der Waals surface area (Å²) in [6, 6.07) is 3.33. The summed E-state index contributed by atoms with van der Waals surface area (Å²) in [5.74, 6) is -0.693. The minimum atomic E-state index is -3.55. The Morgan fingerprint density at radius 2 is 2.00 bits per heavy atom. The standard InChI is InChI=1S/C14H21N3O5S/c1-11-12(5-4-8-15-11)22-14(13(18)19)6-9-17(10-7-14)23(20,21)16(2)3/h4-5,8H,6-7,9-10H2,1-3H3,(H,18,19). The summed E-state index contributed by atoms with van der Waals surface area (Å²) in [5, 5.41) is 9.62. The summed E-state index contributed by atoms with van der Waals surface area (Å²) in [6.45, 7) is 1.91.